The van der Waals surface area contributed by atoms with Crippen molar-refractivity contribution in [3.63, 3.8) is 0 Å². The molecule has 1 aromatic carbocycles. The molecule has 7 nitrogen and oxygen atoms in total. The molecule has 1 fully saturated rings. The second kappa shape index (κ2) is 6.29. The van der Waals surface area contributed by atoms with Crippen LogP contribution in [0.25, 0.3) is 10.1 Å². The summed E-state index contributed by atoms with van der Waals surface area (Å²) in [5.41, 5.74) is 0.387. The van der Waals surface area contributed by atoms with Gasteiger partial charge in [-0.15, -0.1) is 21.5 Å². The number of aromatic nitrogens is 4. The van der Waals surface area contributed by atoms with Crippen LogP contribution in [-0.2, 0) is 10.2 Å². The predicted octanol–water partition coefficient (Wildman–Crippen LogP) is 1.89. The summed E-state index contributed by atoms with van der Waals surface area (Å²) in [5, 5.41) is 20.4. The Morgan fingerprint density at radius 2 is 2.17 bits per heavy atom. The second-order valence-electron chi connectivity index (χ2n) is 5.96. The van der Waals surface area contributed by atoms with Gasteiger partial charge in [0.25, 0.3) is 5.91 Å². The van der Waals surface area contributed by atoms with Crippen molar-refractivity contribution in [2.24, 2.45) is 0 Å². The average molecular weight is 343 g/mol. The minimum absolute atomic E-state index is 0.0678. The first-order valence-corrected chi connectivity index (χ1v) is 8.73. The molecule has 2 N–H and O–H groups in total. The van der Waals surface area contributed by atoms with E-state index >= 15 is 0 Å². The number of nitrogens with zero attached hydrogens (tertiary/aromatic N) is 3. The van der Waals surface area contributed by atoms with Crippen molar-refractivity contribution in [2.45, 2.75) is 18.3 Å². The maximum Gasteiger partial charge on any atom is 0.252 e. The lowest BCUT2D eigenvalue weighted by molar-refractivity contribution is 0.0457. The molecule has 1 aliphatic heterocycles. The van der Waals surface area contributed by atoms with Crippen LogP contribution in [0.4, 0.5) is 0 Å². The molecule has 1 aliphatic rings. The molecule has 1 amide bonds. The van der Waals surface area contributed by atoms with Crippen LogP contribution >= 0.6 is 11.3 Å². The Hall–Kier alpha value is -2.32. The summed E-state index contributed by atoms with van der Waals surface area (Å²) < 4.78 is 6.57. The molecular formula is C16H17N5O2S. The van der Waals surface area contributed by atoms with Gasteiger partial charge < -0.3 is 10.1 Å². The number of ether oxygens (including phenoxy) is 1. The van der Waals surface area contributed by atoms with Crippen molar-refractivity contribution in [1.29, 1.82) is 0 Å². The van der Waals surface area contributed by atoms with Crippen molar-refractivity contribution in [2.75, 3.05) is 19.8 Å². The van der Waals surface area contributed by atoms with Crippen molar-refractivity contribution in [3.05, 3.63) is 41.0 Å². The fourth-order valence-corrected chi connectivity index (χ4v) is 4.07. The normalized spacial score (nSPS) is 17.0. The van der Waals surface area contributed by atoms with E-state index in [0.29, 0.717) is 31.1 Å². The van der Waals surface area contributed by atoms with Gasteiger partial charge in [0.2, 0.25) is 0 Å². The van der Waals surface area contributed by atoms with E-state index in [1.807, 2.05) is 29.6 Å². The third kappa shape index (κ3) is 2.67. The molecule has 0 bridgehead atoms. The molecule has 0 spiro atoms. The number of benzene rings is 1. The zero-order valence-electron chi connectivity index (χ0n) is 13.0. The molecule has 8 heteroatoms. The van der Waals surface area contributed by atoms with Crippen LogP contribution in [-0.4, -0.2) is 46.3 Å². The van der Waals surface area contributed by atoms with Gasteiger partial charge in [-0.1, -0.05) is 23.4 Å². The van der Waals surface area contributed by atoms with Gasteiger partial charge >= 0.3 is 0 Å². The van der Waals surface area contributed by atoms with Gasteiger partial charge in [-0.3, -0.25) is 4.79 Å². The van der Waals surface area contributed by atoms with Gasteiger partial charge in [0.1, 0.15) is 0 Å². The Morgan fingerprint density at radius 3 is 2.96 bits per heavy atom. The lowest BCUT2D eigenvalue weighted by Gasteiger charge is -2.34. The smallest absolute Gasteiger partial charge is 0.252 e. The number of thiophene rings is 1. The number of amides is 1. The van der Waals surface area contributed by atoms with Crippen LogP contribution in [0.1, 0.15) is 29.0 Å². The minimum Gasteiger partial charge on any atom is -0.381 e. The first-order valence-electron chi connectivity index (χ1n) is 7.85. The Labute approximate surface area is 142 Å². The van der Waals surface area contributed by atoms with Crippen LogP contribution in [0.2, 0.25) is 0 Å². The van der Waals surface area contributed by atoms with E-state index in [-0.39, 0.29) is 11.3 Å². The molecule has 3 heterocycles. The number of H-pyrrole nitrogens is 1. The lowest BCUT2D eigenvalue weighted by atomic mass is 9.79. The van der Waals surface area contributed by atoms with Gasteiger partial charge in [-0.2, -0.15) is 5.21 Å². The van der Waals surface area contributed by atoms with Crippen LogP contribution in [0.3, 0.4) is 0 Å². The Morgan fingerprint density at radius 1 is 1.33 bits per heavy atom. The van der Waals surface area contributed by atoms with E-state index in [1.165, 1.54) is 0 Å². The number of carbonyl (C=O) groups is 1. The molecule has 2 aromatic heterocycles. The number of tetrazole rings is 1. The number of nitrogens with one attached hydrogen (secondary N) is 2. The molecule has 4 rings (SSSR count). The number of hydrogen-bond donors (Lipinski definition) is 2. The van der Waals surface area contributed by atoms with Gasteiger partial charge in [-0.25, -0.2) is 0 Å². The fraction of sp³-hybridized carbons (Fsp3) is 0.375. The summed E-state index contributed by atoms with van der Waals surface area (Å²) in [4.78, 5) is 12.7. The minimum atomic E-state index is -0.327. The van der Waals surface area contributed by atoms with Crippen LogP contribution in [0, 0.1) is 0 Å². The topological polar surface area (TPSA) is 92.8 Å². The van der Waals surface area contributed by atoms with E-state index in [9.17, 15) is 4.79 Å². The molecule has 1 saturated heterocycles. The summed E-state index contributed by atoms with van der Waals surface area (Å²) in [6.07, 6.45) is 1.52. The molecule has 0 saturated carbocycles. The van der Waals surface area contributed by atoms with Gasteiger partial charge in [0.15, 0.2) is 5.82 Å². The summed E-state index contributed by atoms with van der Waals surface area (Å²) in [5.74, 6) is 0.572. The Kier molecular flexibility index (Phi) is 3.99. The van der Waals surface area contributed by atoms with E-state index in [0.717, 1.165) is 22.9 Å². The van der Waals surface area contributed by atoms with E-state index in [2.05, 4.69) is 25.9 Å². The van der Waals surface area contributed by atoms with Crippen LogP contribution < -0.4 is 5.32 Å². The summed E-state index contributed by atoms with van der Waals surface area (Å²) >= 11 is 1.58. The second-order valence-corrected chi connectivity index (χ2v) is 6.87. The van der Waals surface area contributed by atoms with E-state index in [4.69, 9.17) is 4.74 Å². The average Bonchev–Trinajstić information content (AvgIpc) is 3.30. The van der Waals surface area contributed by atoms with Crippen molar-refractivity contribution in [3.8, 4) is 0 Å². The van der Waals surface area contributed by atoms with Gasteiger partial charge in [0.05, 0.1) is 11.0 Å². The fourth-order valence-electron chi connectivity index (χ4n) is 3.13. The first-order chi connectivity index (χ1) is 11.8. The van der Waals surface area contributed by atoms with E-state index in [1.54, 1.807) is 11.3 Å². The summed E-state index contributed by atoms with van der Waals surface area (Å²) in [6, 6.07) is 7.93. The molecule has 0 atom stereocenters. The van der Waals surface area contributed by atoms with Crippen molar-refractivity contribution < 1.29 is 9.53 Å². The monoisotopic (exact) mass is 343 g/mol. The maximum absolute atomic E-state index is 12.7. The van der Waals surface area contributed by atoms with Crippen LogP contribution in [0.5, 0.6) is 0 Å². The molecule has 124 valence electrons. The lowest BCUT2D eigenvalue weighted by Crippen LogP contribution is -2.45. The standard InChI is InChI=1S/C16H17N5O2S/c22-14(12-9-24-13-4-2-1-3-11(12)13)17-10-16(5-7-23-8-6-16)15-18-20-21-19-15/h1-4,9H,5-8,10H2,(H,17,22)(H,18,19,20,21). The third-order valence-electron chi connectivity index (χ3n) is 4.58. The number of carbonyl (C=O) groups excluding carboxylic acids is 1. The van der Waals surface area contributed by atoms with Gasteiger partial charge in [0, 0.05) is 35.2 Å². The molecule has 0 unspecified atom stereocenters. The zero-order valence-corrected chi connectivity index (χ0v) is 13.8. The largest absolute Gasteiger partial charge is 0.381 e. The highest BCUT2D eigenvalue weighted by Gasteiger charge is 2.38. The predicted molar refractivity (Wildman–Crippen MR) is 90.1 cm³/mol. The molecule has 0 radical (unpaired) electrons. The first kappa shape index (κ1) is 15.2. The maximum atomic E-state index is 12.7. The molecule has 0 aliphatic carbocycles. The Balaban J connectivity index is 1.55. The van der Waals surface area contributed by atoms with Gasteiger partial charge in [-0.05, 0) is 18.9 Å². The van der Waals surface area contributed by atoms with E-state index < -0.39 is 0 Å². The molecular weight excluding hydrogens is 326 g/mol. The quantitative estimate of drug-likeness (QED) is 0.755. The SMILES string of the molecule is O=C(NCC1(c2nn[nH]n2)CCOCC1)c1csc2ccccc12. The summed E-state index contributed by atoms with van der Waals surface area (Å²) in [7, 11) is 0. The molecule has 24 heavy (non-hydrogen) atoms. The zero-order chi connectivity index (χ0) is 16.4. The highest BCUT2D eigenvalue weighted by atomic mass is 32.1. The van der Waals surface area contributed by atoms with Crippen LogP contribution in [0.15, 0.2) is 29.6 Å². The number of fused-ring (bicyclic) bond motifs is 1. The highest BCUT2D eigenvalue weighted by molar-refractivity contribution is 7.17. The number of hydrogen-bond acceptors (Lipinski definition) is 6. The number of rotatable bonds is 4. The summed E-state index contributed by atoms with van der Waals surface area (Å²) in [6.45, 7) is 1.73. The third-order valence-corrected chi connectivity index (χ3v) is 5.55. The van der Waals surface area contributed by atoms with Crippen molar-refractivity contribution in [1.82, 2.24) is 25.9 Å². The Bertz CT molecular complexity index is 839. The van der Waals surface area contributed by atoms with Crippen molar-refractivity contribution >= 4 is 27.3 Å². The highest BCUT2D eigenvalue weighted by Crippen LogP contribution is 2.32. The number of aromatic amines is 1. The molecule has 3 aromatic rings.